The maximum Gasteiger partial charge on any atom is 0.263 e. The number of fused-ring (bicyclic) bond motifs is 1. The number of nitrogens with zero attached hydrogens (tertiary/aromatic N) is 4. The Morgan fingerprint density at radius 1 is 1.21 bits per heavy atom. The van der Waals surface area contributed by atoms with E-state index >= 15 is 0 Å². The number of aromatic nitrogens is 3. The summed E-state index contributed by atoms with van der Waals surface area (Å²) in [4.78, 5) is 20.5. The van der Waals surface area contributed by atoms with Crippen LogP contribution in [0.25, 0.3) is 5.69 Å². The van der Waals surface area contributed by atoms with Gasteiger partial charge in [0.05, 0.1) is 16.6 Å². The molecule has 0 radical (unpaired) electrons. The third-order valence-electron chi connectivity index (χ3n) is 4.50. The Balaban J connectivity index is 1.41. The normalized spacial score (nSPS) is 16.8. The minimum Gasteiger partial charge on any atom is -0.348 e. The Kier molecular flexibility index (Phi) is 4.85. The Hall–Kier alpha value is -3.53. The van der Waals surface area contributed by atoms with Crippen LogP contribution in [0.4, 0.5) is 0 Å². The molecule has 0 unspecified atom stereocenters. The van der Waals surface area contributed by atoms with Crippen LogP contribution in [0, 0.1) is 0 Å². The van der Waals surface area contributed by atoms with E-state index in [0.29, 0.717) is 5.56 Å². The zero-order chi connectivity index (χ0) is 20.4. The van der Waals surface area contributed by atoms with Crippen LogP contribution in [0.1, 0.15) is 24.1 Å². The molecule has 2 heterocycles. The van der Waals surface area contributed by atoms with Gasteiger partial charge in [-0.3, -0.25) is 14.5 Å². The first-order valence-corrected chi connectivity index (χ1v) is 10.3. The molecular formula is C19H18N6O3S. The summed E-state index contributed by atoms with van der Waals surface area (Å²) in [6, 6.07) is 13.9. The van der Waals surface area contributed by atoms with Crippen molar-refractivity contribution < 1.29 is 13.2 Å². The van der Waals surface area contributed by atoms with Crippen LogP contribution in [0.15, 0.2) is 71.1 Å². The minimum atomic E-state index is -3.62. The van der Waals surface area contributed by atoms with Gasteiger partial charge in [0.1, 0.15) is 25.0 Å². The highest BCUT2D eigenvalue weighted by Crippen LogP contribution is 2.22. The van der Waals surface area contributed by atoms with E-state index in [4.69, 9.17) is 0 Å². The topological polar surface area (TPSA) is 118 Å². The van der Waals surface area contributed by atoms with E-state index in [0.717, 1.165) is 11.3 Å². The van der Waals surface area contributed by atoms with E-state index in [1.54, 1.807) is 29.2 Å². The summed E-state index contributed by atoms with van der Waals surface area (Å²) in [6.07, 6.45) is 3.07. The summed E-state index contributed by atoms with van der Waals surface area (Å²) in [5.41, 5.74) is 2.25. The van der Waals surface area contributed by atoms with Crippen LogP contribution in [0.5, 0.6) is 0 Å². The van der Waals surface area contributed by atoms with E-state index in [9.17, 15) is 13.2 Å². The Bertz CT molecular complexity index is 1170. The fourth-order valence-corrected chi connectivity index (χ4v) is 4.28. The number of sulfonamides is 1. The summed E-state index contributed by atoms with van der Waals surface area (Å²) in [6.45, 7) is 1.68. The fourth-order valence-electron chi connectivity index (χ4n) is 3.03. The number of carbonyl (C=O) groups excluding carboxylic acids is 1. The van der Waals surface area contributed by atoms with Crippen molar-refractivity contribution in [1.82, 2.24) is 24.8 Å². The molecule has 1 atom stereocenters. The number of carbonyl (C=O) groups is 1. The first kappa shape index (κ1) is 18.8. The summed E-state index contributed by atoms with van der Waals surface area (Å²) in [7, 11) is -3.62. The molecule has 0 spiro atoms. The SMILES string of the molecule is C[C@H](NC(=O)CN=C1NS(=O)(=O)c2ccccc21)c1ccc(-n2cncn2)cc1. The van der Waals surface area contributed by atoms with Crippen molar-refractivity contribution in [2.45, 2.75) is 17.9 Å². The van der Waals surface area contributed by atoms with Gasteiger partial charge in [-0.25, -0.2) is 18.1 Å². The van der Waals surface area contributed by atoms with Crippen LogP contribution < -0.4 is 10.0 Å². The molecular weight excluding hydrogens is 392 g/mol. The maximum absolute atomic E-state index is 12.3. The van der Waals surface area contributed by atoms with Gasteiger partial charge in [0.15, 0.2) is 0 Å². The first-order chi connectivity index (χ1) is 13.9. The van der Waals surface area contributed by atoms with Crippen molar-refractivity contribution in [3.05, 3.63) is 72.3 Å². The molecule has 9 nitrogen and oxygen atoms in total. The lowest BCUT2D eigenvalue weighted by molar-refractivity contribution is -0.120. The molecule has 0 fully saturated rings. The van der Waals surface area contributed by atoms with Crippen molar-refractivity contribution in [3.8, 4) is 5.69 Å². The zero-order valence-corrected chi connectivity index (χ0v) is 16.3. The first-order valence-electron chi connectivity index (χ1n) is 8.85. The van der Waals surface area contributed by atoms with Gasteiger partial charge in [0.25, 0.3) is 10.0 Å². The van der Waals surface area contributed by atoms with E-state index in [2.05, 4.69) is 25.1 Å². The molecule has 29 heavy (non-hydrogen) atoms. The highest BCUT2D eigenvalue weighted by atomic mass is 32.2. The second-order valence-electron chi connectivity index (χ2n) is 6.49. The molecule has 2 N–H and O–H groups in total. The molecule has 148 valence electrons. The van der Waals surface area contributed by atoms with Gasteiger partial charge in [-0.15, -0.1) is 0 Å². The second-order valence-corrected chi connectivity index (χ2v) is 8.14. The number of rotatable bonds is 5. The van der Waals surface area contributed by atoms with Crippen LogP contribution >= 0.6 is 0 Å². The van der Waals surface area contributed by atoms with Crippen molar-refractivity contribution >= 4 is 21.8 Å². The predicted molar refractivity (Wildman–Crippen MR) is 106 cm³/mol. The summed E-state index contributed by atoms with van der Waals surface area (Å²) in [5.74, 6) is -0.130. The molecule has 1 aliphatic rings. The predicted octanol–water partition coefficient (Wildman–Crippen LogP) is 1.18. The smallest absolute Gasteiger partial charge is 0.263 e. The highest BCUT2D eigenvalue weighted by Gasteiger charge is 2.30. The van der Waals surface area contributed by atoms with E-state index in [1.807, 2.05) is 31.2 Å². The number of hydrogen-bond acceptors (Lipinski definition) is 6. The third kappa shape index (κ3) is 3.87. The number of amides is 1. The Labute approximate surface area is 167 Å². The quantitative estimate of drug-likeness (QED) is 0.655. The lowest BCUT2D eigenvalue weighted by Gasteiger charge is -2.14. The fraction of sp³-hybridized carbons (Fsp3) is 0.158. The molecule has 0 saturated carbocycles. The zero-order valence-electron chi connectivity index (χ0n) is 15.5. The molecule has 0 aliphatic carbocycles. The van der Waals surface area contributed by atoms with E-state index in [-0.39, 0.29) is 29.2 Å². The Morgan fingerprint density at radius 3 is 2.69 bits per heavy atom. The molecule has 0 saturated heterocycles. The summed E-state index contributed by atoms with van der Waals surface area (Å²) < 4.78 is 28.2. The summed E-state index contributed by atoms with van der Waals surface area (Å²) >= 11 is 0. The number of amidine groups is 1. The number of benzene rings is 2. The maximum atomic E-state index is 12.3. The summed E-state index contributed by atoms with van der Waals surface area (Å²) in [5, 5.41) is 6.93. The van der Waals surface area contributed by atoms with Gasteiger partial charge < -0.3 is 5.32 Å². The molecule has 1 amide bonds. The second kappa shape index (κ2) is 7.47. The van der Waals surface area contributed by atoms with Gasteiger partial charge in [-0.1, -0.05) is 24.3 Å². The van der Waals surface area contributed by atoms with Gasteiger partial charge >= 0.3 is 0 Å². The van der Waals surface area contributed by atoms with Crippen molar-refractivity contribution in [3.63, 3.8) is 0 Å². The molecule has 3 aromatic rings. The lowest BCUT2D eigenvalue weighted by Crippen LogP contribution is -2.30. The van der Waals surface area contributed by atoms with Gasteiger partial charge in [0, 0.05) is 5.56 Å². The number of hydrogen-bond donors (Lipinski definition) is 2. The average Bonchev–Trinajstić information content (AvgIpc) is 3.34. The third-order valence-corrected chi connectivity index (χ3v) is 5.89. The number of aliphatic imine (C=N–C) groups is 1. The van der Waals surface area contributed by atoms with Gasteiger partial charge in [-0.2, -0.15) is 5.10 Å². The molecule has 0 bridgehead atoms. The van der Waals surface area contributed by atoms with Crippen molar-refractivity contribution in [2.75, 3.05) is 6.54 Å². The molecule has 1 aliphatic heterocycles. The van der Waals surface area contributed by atoms with E-state index < -0.39 is 10.0 Å². The van der Waals surface area contributed by atoms with E-state index in [1.165, 1.54) is 12.4 Å². The average molecular weight is 410 g/mol. The Morgan fingerprint density at radius 2 is 1.97 bits per heavy atom. The molecule has 10 heteroatoms. The monoisotopic (exact) mass is 410 g/mol. The molecule has 4 rings (SSSR count). The highest BCUT2D eigenvalue weighted by molar-refractivity contribution is 7.90. The lowest BCUT2D eigenvalue weighted by atomic mass is 10.1. The number of nitrogens with one attached hydrogen (secondary N) is 2. The standard InChI is InChI=1S/C19H18N6O3S/c1-13(14-6-8-15(9-7-14)25-12-20-11-22-25)23-18(26)10-21-19-16-4-2-3-5-17(16)29(27,28)24-19/h2-9,11-13H,10H2,1H3,(H,21,24)(H,23,26)/t13-/m0/s1. The molecule has 1 aromatic heterocycles. The van der Waals surface area contributed by atoms with Crippen LogP contribution in [-0.2, 0) is 14.8 Å². The van der Waals surface area contributed by atoms with Crippen molar-refractivity contribution in [2.24, 2.45) is 4.99 Å². The van der Waals surface area contributed by atoms with Crippen LogP contribution in [0.3, 0.4) is 0 Å². The van der Waals surface area contributed by atoms with Crippen molar-refractivity contribution in [1.29, 1.82) is 0 Å². The van der Waals surface area contributed by atoms with Crippen LogP contribution in [-0.4, -0.2) is 41.5 Å². The molecule has 2 aromatic carbocycles. The largest absolute Gasteiger partial charge is 0.348 e. The van der Waals surface area contributed by atoms with Gasteiger partial charge in [0.2, 0.25) is 5.91 Å². The van der Waals surface area contributed by atoms with Gasteiger partial charge in [-0.05, 0) is 36.8 Å². The van der Waals surface area contributed by atoms with Crippen LogP contribution in [0.2, 0.25) is 0 Å². The minimum absolute atomic E-state index is 0.167.